The van der Waals surface area contributed by atoms with Crippen LogP contribution in [0.5, 0.6) is 0 Å². The van der Waals surface area contributed by atoms with Crippen LogP contribution in [-0.2, 0) is 14.6 Å². The van der Waals surface area contributed by atoms with Gasteiger partial charge in [-0.1, -0.05) is 0 Å². The van der Waals surface area contributed by atoms with Gasteiger partial charge in [0.05, 0.1) is 6.42 Å². The highest BCUT2D eigenvalue weighted by atomic mass is 32.2. The Kier molecular flexibility index (Phi) is 1.47. The van der Waals surface area contributed by atoms with Crippen LogP contribution in [0.15, 0.2) is 5.10 Å². The second kappa shape index (κ2) is 2.05. The van der Waals surface area contributed by atoms with Crippen molar-refractivity contribution in [2.24, 2.45) is 5.10 Å². The summed E-state index contributed by atoms with van der Waals surface area (Å²) >= 11 is 0. The van der Waals surface area contributed by atoms with Gasteiger partial charge in [-0.25, -0.2) is 13.8 Å². The molecule has 0 fully saturated rings. The van der Waals surface area contributed by atoms with E-state index in [-0.39, 0.29) is 17.4 Å². The molecule has 0 unspecified atom stereocenters. The van der Waals surface area contributed by atoms with Crippen molar-refractivity contribution in [3.05, 3.63) is 0 Å². The molecule has 1 rings (SSSR count). The van der Waals surface area contributed by atoms with Gasteiger partial charge in [0, 0.05) is 6.26 Å². The number of hydrogen-bond donors (Lipinski definition) is 1. The number of nitrogens with one attached hydrogen (secondary N) is 1. The summed E-state index contributed by atoms with van der Waals surface area (Å²) in [5, 5.41) is 3.23. The fourth-order valence-electron chi connectivity index (χ4n) is 0.555. The second-order valence-corrected chi connectivity index (χ2v) is 4.01. The van der Waals surface area contributed by atoms with Gasteiger partial charge in [0.15, 0.2) is 14.9 Å². The van der Waals surface area contributed by atoms with E-state index in [1.165, 1.54) is 0 Å². The number of rotatable bonds is 0. The molecule has 0 aromatic carbocycles. The second-order valence-electron chi connectivity index (χ2n) is 1.99. The zero-order valence-electron chi connectivity index (χ0n) is 5.29. The fraction of sp³-hybridized carbons (Fsp3) is 0.500. The van der Waals surface area contributed by atoms with Crippen molar-refractivity contribution in [3.63, 3.8) is 0 Å². The maximum atomic E-state index is 10.7. The summed E-state index contributed by atoms with van der Waals surface area (Å²) in [6.45, 7) is 0. The number of nitrogens with zero attached hydrogens (tertiary/aromatic N) is 1. The molecule has 1 amide bonds. The first-order valence-electron chi connectivity index (χ1n) is 2.55. The van der Waals surface area contributed by atoms with E-state index in [9.17, 15) is 13.2 Å². The standard InChI is InChI=1S/C4H6N2O3S/c1-10(8,9)4-2-3(7)5-6-4/h2H2,1H3,(H,5,7). The van der Waals surface area contributed by atoms with Gasteiger partial charge in [-0.05, 0) is 0 Å². The molecule has 0 radical (unpaired) electrons. The smallest absolute Gasteiger partial charge is 0.246 e. The third-order valence-corrected chi connectivity index (χ3v) is 2.14. The Labute approximate surface area is 58.0 Å². The Hall–Kier alpha value is -0.910. The normalized spacial score (nSPS) is 18.5. The summed E-state index contributed by atoms with van der Waals surface area (Å²) in [6.07, 6.45) is 0.894. The molecule has 1 aliphatic heterocycles. The number of hydrogen-bond acceptors (Lipinski definition) is 4. The Morgan fingerprint density at radius 1 is 1.60 bits per heavy atom. The largest absolute Gasteiger partial charge is 0.273 e. The Bertz CT molecular complexity index is 290. The molecule has 0 aromatic rings. The van der Waals surface area contributed by atoms with Crippen molar-refractivity contribution >= 4 is 20.8 Å². The van der Waals surface area contributed by atoms with E-state index in [0.29, 0.717) is 0 Å². The summed E-state index contributed by atoms with van der Waals surface area (Å²) in [5.74, 6) is -0.375. The van der Waals surface area contributed by atoms with Crippen LogP contribution in [0.2, 0.25) is 0 Å². The van der Waals surface area contributed by atoms with E-state index in [2.05, 4.69) is 5.10 Å². The van der Waals surface area contributed by atoms with E-state index >= 15 is 0 Å². The van der Waals surface area contributed by atoms with Gasteiger partial charge in [-0.2, -0.15) is 5.10 Å². The van der Waals surface area contributed by atoms with Crippen LogP contribution in [0, 0.1) is 0 Å². The molecule has 10 heavy (non-hydrogen) atoms. The van der Waals surface area contributed by atoms with Gasteiger partial charge in [-0.3, -0.25) is 4.79 Å². The van der Waals surface area contributed by atoms with Gasteiger partial charge >= 0.3 is 0 Å². The van der Waals surface area contributed by atoms with Crippen LogP contribution >= 0.6 is 0 Å². The molecule has 56 valence electrons. The third kappa shape index (κ3) is 1.32. The summed E-state index contributed by atoms with van der Waals surface area (Å²) in [7, 11) is -3.27. The van der Waals surface area contributed by atoms with Crippen LogP contribution in [0.3, 0.4) is 0 Å². The number of sulfone groups is 1. The zero-order valence-corrected chi connectivity index (χ0v) is 6.10. The van der Waals surface area contributed by atoms with Crippen molar-refractivity contribution in [2.45, 2.75) is 6.42 Å². The molecule has 1 aliphatic rings. The monoisotopic (exact) mass is 162 g/mol. The quantitative estimate of drug-likeness (QED) is 0.489. The first-order chi connectivity index (χ1) is 4.50. The van der Waals surface area contributed by atoms with E-state index in [4.69, 9.17) is 0 Å². The lowest BCUT2D eigenvalue weighted by Crippen LogP contribution is -2.12. The maximum Gasteiger partial charge on any atom is 0.246 e. The minimum absolute atomic E-state index is 0.0856. The van der Waals surface area contributed by atoms with Crippen molar-refractivity contribution in [1.82, 2.24) is 5.43 Å². The highest BCUT2D eigenvalue weighted by Gasteiger charge is 2.22. The van der Waals surface area contributed by atoms with E-state index < -0.39 is 9.84 Å². The highest BCUT2D eigenvalue weighted by Crippen LogP contribution is 2.00. The molecule has 0 aromatic heterocycles. The number of amides is 1. The van der Waals surface area contributed by atoms with Crippen LogP contribution in [0.25, 0.3) is 0 Å². The van der Waals surface area contributed by atoms with Crippen molar-refractivity contribution in [1.29, 1.82) is 0 Å². The summed E-state index contributed by atoms with van der Waals surface area (Å²) in [4.78, 5) is 10.4. The average Bonchev–Trinajstić information content (AvgIpc) is 2.11. The molecule has 0 bridgehead atoms. The summed E-state index contributed by atoms with van der Waals surface area (Å²) in [5.41, 5.74) is 2.05. The third-order valence-electron chi connectivity index (χ3n) is 1.05. The lowest BCUT2D eigenvalue weighted by molar-refractivity contribution is -0.119. The van der Waals surface area contributed by atoms with Crippen LogP contribution in [0.1, 0.15) is 6.42 Å². The molecule has 1 N–H and O–H groups in total. The Morgan fingerprint density at radius 3 is 2.40 bits per heavy atom. The minimum Gasteiger partial charge on any atom is -0.273 e. The van der Waals surface area contributed by atoms with Gasteiger partial charge in [-0.15, -0.1) is 0 Å². The van der Waals surface area contributed by atoms with E-state index in [1.807, 2.05) is 5.43 Å². The van der Waals surface area contributed by atoms with Crippen LogP contribution in [0.4, 0.5) is 0 Å². The molecular formula is C4H6N2O3S. The molecule has 0 saturated heterocycles. The number of carbonyl (C=O) groups is 1. The van der Waals surface area contributed by atoms with Crippen molar-refractivity contribution in [3.8, 4) is 0 Å². The molecule has 0 aliphatic carbocycles. The van der Waals surface area contributed by atoms with Gasteiger partial charge in [0.2, 0.25) is 5.91 Å². The molecule has 5 nitrogen and oxygen atoms in total. The first-order valence-corrected chi connectivity index (χ1v) is 4.45. The molecule has 6 heteroatoms. The lowest BCUT2D eigenvalue weighted by Gasteiger charge is -1.88. The van der Waals surface area contributed by atoms with E-state index in [0.717, 1.165) is 6.26 Å². The van der Waals surface area contributed by atoms with Gasteiger partial charge < -0.3 is 0 Å². The number of hydrazone groups is 1. The van der Waals surface area contributed by atoms with Crippen molar-refractivity contribution < 1.29 is 13.2 Å². The number of carbonyl (C=O) groups excluding carboxylic acids is 1. The predicted octanol–water partition coefficient (Wildman–Crippen LogP) is -1.14. The van der Waals surface area contributed by atoms with Crippen LogP contribution < -0.4 is 5.43 Å². The minimum atomic E-state index is -3.27. The van der Waals surface area contributed by atoms with Gasteiger partial charge in [0.25, 0.3) is 0 Å². The fourth-order valence-corrected chi connectivity index (χ4v) is 1.16. The van der Waals surface area contributed by atoms with E-state index in [1.54, 1.807) is 0 Å². The zero-order chi connectivity index (χ0) is 7.78. The predicted molar refractivity (Wildman–Crippen MR) is 35.0 cm³/mol. The maximum absolute atomic E-state index is 10.7. The molecule has 0 spiro atoms. The SMILES string of the molecule is CS(=O)(=O)C1=NNC(=O)C1. The summed E-state index contributed by atoms with van der Waals surface area (Å²) < 4.78 is 21.3. The van der Waals surface area contributed by atoms with Crippen LogP contribution in [-0.4, -0.2) is 25.6 Å². The van der Waals surface area contributed by atoms with Crippen molar-refractivity contribution in [2.75, 3.05) is 6.26 Å². The molecule has 0 atom stereocenters. The molecule has 1 heterocycles. The topological polar surface area (TPSA) is 75.6 Å². The highest BCUT2D eigenvalue weighted by molar-refractivity contribution is 8.05. The average molecular weight is 162 g/mol. The molecular weight excluding hydrogens is 156 g/mol. The summed E-state index contributed by atoms with van der Waals surface area (Å²) in [6, 6.07) is 0. The Balaban J connectivity index is 2.89. The lowest BCUT2D eigenvalue weighted by atomic mass is 10.5. The molecule has 0 saturated carbocycles. The first kappa shape index (κ1) is 7.20. The van der Waals surface area contributed by atoms with Gasteiger partial charge in [0.1, 0.15) is 0 Å². The Morgan fingerprint density at radius 2 is 2.20 bits per heavy atom.